The number of esters is 1. The van der Waals surface area contributed by atoms with E-state index in [4.69, 9.17) is 23.7 Å². The van der Waals surface area contributed by atoms with Gasteiger partial charge in [0.15, 0.2) is 5.78 Å². The quantitative estimate of drug-likeness (QED) is 0.0629. The van der Waals surface area contributed by atoms with Crippen LogP contribution in [0.5, 0.6) is 0 Å². The van der Waals surface area contributed by atoms with Crippen molar-refractivity contribution in [2.45, 2.75) is 194 Å². The summed E-state index contributed by atoms with van der Waals surface area (Å²) >= 11 is 0. The highest BCUT2D eigenvalue weighted by molar-refractivity contribution is 6.39. The number of aliphatic hydroxyl groups excluding tert-OH is 2. The number of cyclic esters (lactones) is 1. The van der Waals surface area contributed by atoms with Crippen LogP contribution in [0.15, 0.2) is 47.6 Å². The fourth-order valence-electron chi connectivity index (χ4n) is 10.6. The highest BCUT2D eigenvalue weighted by atomic mass is 16.6. The number of hydrogen-bond acceptors (Lipinski definition) is 15. The molecule has 3 heterocycles. The molecule has 406 valence electrons. The monoisotopic (exact) mass is 1010 g/mol. The molecular formula is C55H86N2O15. The summed E-state index contributed by atoms with van der Waals surface area (Å²) in [6.45, 7) is 16.0. The smallest absolute Gasteiger partial charge is 0.434 e. The molecule has 17 nitrogen and oxygen atoms in total. The lowest BCUT2D eigenvalue weighted by Gasteiger charge is -2.43. The normalized spacial score (nSPS) is 37.6. The molecule has 15 atom stereocenters. The van der Waals surface area contributed by atoms with Gasteiger partial charge in [-0.3, -0.25) is 24.4 Å². The molecule has 0 radical (unpaired) electrons. The summed E-state index contributed by atoms with van der Waals surface area (Å²) in [5.41, 5.74) is 0.863. The number of piperidine rings is 1. The third kappa shape index (κ3) is 16.2. The molecule has 2 saturated heterocycles. The van der Waals surface area contributed by atoms with Gasteiger partial charge in [-0.05, 0) is 113 Å². The molecular weight excluding hydrogens is 929 g/mol. The van der Waals surface area contributed by atoms with E-state index in [1.54, 1.807) is 66.0 Å². The van der Waals surface area contributed by atoms with Gasteiger partial charge in [0.1, 0.15) is 30.1 Å². The van der Waals surface area contributed by atoms with Crippen molar-refractivity contribution in [3.63, 3.8) is 0 Å². The van der Waals surface area contributed by atoms with E-state index in [-0.39, 0.29) is 80.2 Å². The van der Waals surface area contributed by atoms with Crippen LogP contribution in [0.25, 0.3) is 0 Å². The number of hydroxylamine groups is 2. The predicted octanol–water partition coefficient (Wildman–Crippen LogP) is 7.02. The number of fused-ring (bicyclic) bond motifs is 3. The zero-order valence-corrected chi connectivity index (χ0v) is 44.7. The van der Waals surface area contributed by atoms with Gasteiger partial charge in [0.05, 0.1) is 31.0 Å². The van der Waals surface area contributed by atoms with Crippen LogP contribution in [-0.4, -0.2) is 148 Å². The van der Waals surface area contributed by atoms with E-state index >= 15 is 0 Å². The molecule has 1 aliphatic carbocycles. The van der Waals surface area contributed by atoms with Gasteiger partial charge in [-0.15, -0.1) is 0 Å². The van der Waals surface area contributed by atoms with Crippen molar-refractivity contribution < 1.29 is 73.0 Å². The van der Waals surface area contributed by atoms with Gasteiger partial charge in [0.25, 0.3) is 11.7 Å². The van der Waals surface area contributed by atoms with Crippen LogP contribution in [0.3, 0.4) is 0 Å². The molecule has 0 aromatic carbocycles. The number of aliphatic hydroxyl groups is 3. The summed E-state index contributed by atoms with van der Waals surface area (Å²) in [5.74, 6) is -8.96. The molecule has 1 saturated carbocycles. The number of carbonyl (C=O) groups excluding carboxylic acids is 6. The molecule has 2 bridgehead atoms. The molecule has 4 N–H and O–H groups in total. The Morgan fingerprint density at radius 3 is 2.26 bits per heavy atom. The molecule has 4 rings (SSSR count). The number of rotatable bonds is 8. The lowest BCUT2D eigenvalue weighted by Crippen LogP contribution is -2.61. The minimum atomic E-state index is -2.62. The van der Waals surface area contributed by atoms with Crippen LogP contribution >= 0.6 is 0 Å². The number of nitrogens with zero attached hydrogens (tertiary/aromatic N) is 2. The van der Waals surface area contributed by atoms with Gasteiger partial charge in [0.2, 0.25) is 5.79 Å². The van der Waals surface area contributed by atoms with Crippen LogP contribution < -0.4 is 0 Å². The van der Waals surface area contributed by atoms with E-state index in [0.717, 1.165) is 4.90 Å². The Labute approximate surface area is 427 Å². The maximum Gasteiger partial charge on any atom is 0.434 e. The lowest BCUT2D eigenvalue weighted by atomic mass is 9.78. The van der Waals surface area contributed by atoms with Crippen molar-refractivity contribution in [2.24, 2.45) is 41.4 Å². The number of carbonyl (C=O) groups is 6. The number of allylic oxidation sites excluding steroid dienone is 6. The first-order chi connectivity index (χ1) is 33.9. The van der Waals surface area contributed by atoms with E-state index in [2.05, 4.69) is 0 Å². The van der Waals surface area contributed by atoms with E-state index in [9.17, 15) is 49.3 Å². The first-order valence-corrected chi connectivity index (χ1v) is 26.2. The molecule has 17 heteroatoms. The first-order valence-electron chi connectivity index (χ1n) is 26.2. The highest BCUT2D eigenvalue weighted by Crippen LogP contribution is 2.38. The van der Waals surface area contributed by atoms with Gasteiger partial charge in [-0.1, -0.05) is 84.9 Å². The van der Waals surface area contributed by atoms with Crippen molar-refractivity contribution in [2.75, 3.05) is 27.4 Å². The molecule has 2 amide bonds. The summed E-state index contributed by atoms with van der Waals surface area (Å²) in [4.78, 5) is 85.6. The first kappa shape index (κ1) is 60.5. The number of ether oxygens (including phenoxy) is 5. The Morgan fingerprint density at radius 1 is 0.889 bits per heavy atom. The minimum absolute atomic E-state index is 0.0129. The number of methoxy groups -OCH3 is 2. The van der Waals surface area contributed by atoms with Gasteiger partial charge >= 0.3 is 12.1 Å². The van der Waals surface area contributed by atoms with Crippen LogP contribution in [0.4, 0.5) is 4.79 Å². The van der Waals surface area contributed by atoms with Gasteiger partial charge in [0, 0.05) is 51.4 Å². The fourth-order valence-corrected chi connectivity index (χ4v) is 10.6. The second-order valence-electron chi connectivity index (χ2n) is 21.7. The molecule has 4 aliphatic rings. The minimum Gasteiger partial charge on any atom is -0.460 e. The molecule has 3 fully saturated rings. The van der Waals surface area contributed by atoms with Gasteiger partial charge in [-0.2, -0.15) is 5.06 Å². The van der Waals surface area contributed by atoms with Crippen molar-refractivity contribution in [1.82, 2.24) is 9.96 Å². The van der Waals surface area contributed by atoms with Crippen LogP contribution in [0, 0.1) is 41.4 Å². The Hall–Kier alpha value is -4.10. The van der Waals surface area contributed by atoms with Crippen molar-refractivity contribution in [3.8, 4) is 0 Å². The Bertz CT molecular complexity index is 1980. The summed E-state index contributed by atoms with van der Waals surface area (Å²) in [5, 5.41) is 45.9. The fraction of sp³-hybridized carbons (Fsp3) is 0.745. The van der Waals surface area contributed by atoms with Gasteiger partial charge < -0.3 is 43.9 Å². The number of Topliss-reactive ketones (excluding diaryl/α,β-unsaturated/α-hetero) is 3. The zero-order valence-electron chi connectivity index (χ0n) is 44.7. The molecule has 72 heavy (non-hydrogen) atoms. The largest absolute Gasteiger partial charge is 0.460 e. The summed E-state index contributed by atoms with van der Waals surface area (Å²) in [6.07, 6.45) is 8.16. The summed E-state index contributed by atoms with van der Waals surface area (Å²) in [7, 11) is 2.90. The van der Waals surface area contributed by atoms with Crippen LogP contribution in [0.1, 0.15) is 139 Å². The number of hydrogen-bond donors (Lipinski definition) is 4. The van der Waals surface area contributed by atoms with E-state index in [1.165, 1.54) is 7.11 Å². The highest BCUT2D eigenvalue weighted by Gasteiger charge is 2.53. The second kappa shape index (κ2) is 28.0. The zero-order chi connectivity index (χ0) is 53.6. The Kier molecular flexibility index (Phi) is 23.5. The average molecular weight is 1020 g/mol. The Balaban J connectivity index is 1.75. The SMILES string of the molecule is CO[C@@H]1C[C@H](C[C@@H](C)[C@@H]2CC(=O)[C@H](C)/C=C(\C)[C@@H](O)[C@@H](OC)C(=O)[C@H](C)C[C@H](C)/C=C/C=C/C=C(\C)[C@H](N(O)C(=O)OCC(C)C)C[C@@H]3CC[C@@H](C)[C@@](O)(O3)C(=O)C(=O)N3CCCC[C@H]3C(=O)O2)CC[C@H]1O. The van der Waals surface area contributed by atoms with Gasteiger partial charge in [-0.25, -0.2) is 9.59 Å². The molecule has 0 aromatic heterocycles. The maximum atomic E-state index is 14.5. The summed E-state index contributed by atoms with van der Waals surface area (Å²) in [6, 6.07) is -2.27. The van der Waals surface area contributed by atoms with Crippen LogP contribution in [-0.2, 0) is 47.7 Å². The molecule has 0 spiro atoms. The predicted molar refractivity (Wildman–Crippen MR) is 268 cm³/mol. The van der Waals surface area contributed by atoms with Crippen molar-refractivity contribution >= 4 is 35.3 Å². The summed E-state index contributed by atoms with van der Waals surface area (Å²) < 4.78 is 28.9. The topological polar surface area (TPSA) is 236 Å². The second-order valence-corrected chi connectivity index (χ2v) is 21.7. The third-order valence-corrected chi connectivity index (χ3v) is 15.2. The van der Waals surface area contributed by atoms with E-state index < -0.39 is 89.9 Å². The third-order valence-electron chi connectivity index (χ3n) is 15.2. The van der Waals surface area contributed by atoms with Crippen molar-refractivity contribution in [1.29, 1.82) is 0 Å². The van der Waals surface area contributed by atoms with E-state index in [0.29, 0.717) is 67.6 Å². The van der Waals surface area contributed by atoms with E-state index in [1.807, 2.05) is 39.8 Å². The lowest BCUT2D eigenvalue weighted by molar-refractivity contribution is -0.266. The number of amides is 2. The molecule has 0 aromatic rings. The Morgan fingerprint density at radius 2 is 1.60 bits per heavy atom. The number of ketones is 3. The average Bonchev–Trinajstić information content (AvgIpc) is 3.34. The maximum absolute atomic E-state index is 14.5. The standard InChI is InChI=1S/C55H86N2O15/c1-32(2)31-70-54(65)57(67)43-29-41-22-20-39(9)55(66,72-41)51(62)52(63)56-24-16-15-19-42(56)53(64)71-46(36(6)27-40-21-23-44(58)47(28-40)68-10)30-45(59)35(5)26-38(8)49(61)50(69-11)48(60)37(7)25-33(3)17-13-12-14-18-34(43)4/h12-14,17-18,26,32-33,35-37,39-44,46-47,49-50,58,61,66-67H,15-16,19-25,27-31H2,1-11H3/b14-12+,17-13+,34-18+,38-26+/t33-,35-,36-,37-,39-,40+,41+,42+,43-,44-,46+,47-,49-,50+,55-/m1/s1. The molecule has 3 aliphatic heterocycles. The molecule has 0 unspecified atom stereocenters. The van der Waals surface area contributed by atoms with Crippen molar-refractivity contribution in [3.05, 3.63) is 47.6 Å². The van der Waals surface area contributed by atoms with Crippen LogP contribution in [0.2, 0.25) is 0 Å².